The van der Waals surface area contributed by atoms with Crippen molar-refractivity contribution in [2.24, 2.45) is 5.73 Å². The van der Waals surface area contributed by atoms with Gasteiger partial charge in [0.15, 0.2) is 0 Å². The zero-order valence-electron chi connectivity index (χ0n) is 10.3. The van der Waals surface area contributed by atoms with Gasteiger partial charge in [-0.2, -0.15) is 11.8 Å². The van der Waals surface area contributed by atoms with E-state index in [0.717, 1.165) is 31.1 Å². The fourth-order valence-electron chi connectivity index (χ4n) is 2.87. The highest BCUT2D eigenvalue weighted by Crippen LogP contribution is 2.28. The van der Waals surface area contributed by atoms with Crippen LogP contribution in [0.25, 0.3) is 0 Å². The molecule has 94 valence electrons. The first-order valence-corrected chi connectivity index (χ1v) is 7.78. The summed E-state index contributed by atoms with van der Waals surface area (Å²) in [7, 11) is 0. The van der Waals surface area contributed by atoms with Crippen LogP contribution in [0.2, 0.25) is 0 Å². The van der Waals surface area contributed by atoms with Gasteiger partial charge in [-0.15, -0.1) is 0 Å². The van der Waals surface area contributed by atoms with Crippen molar-refractivity contribution in [2.45, 2.75) is 56.4 Å². The third-order valence-corrected chi connectivity index (χ3v) is 5.29. The van der Waals surface area contributed by atoms with E-state index in [2.05, 4.69) is 27.5 Å². The molecule has 3 nitrogen and oxygen atoms in total. The molecule has 2 N–H and O–H groups in total. The lowest BCUT2D eigenvalue weighted by molar-refractivity contribution is 0.446. The molecule has 1 saturated heterocycles. The van der Waals surface area contributed by atoms with E-state index in [4.69, 9.17) is 5.73 Å². The van der Waals surface area contributed by atoms with Crippen molar-refractivity contribution in [2.75, 3.05) is 5.75 Å². The standard InChI is InChI=1S/C13H21N3S/c14-10-4-5-11-8-15-13(16(11)9-10)7-12-3-1-2-6-17-12/h8,10,12H,1-7,9,14H2. The lowest BCUT2D eigenvalue weighted by Crippen LogP contribution is -2.33. The normalized spacial score (nSPS) is 29.0. The third kappa shape index (κ3) is 2.52. The summed E-state index contributed by atoms with van der Waals surface area (Å²) < 4.78 is 2.38. The highest BCUT2D eigenvalue weighted by molar-refractivity contribution is 7.99. The first kappa shape index (κ1) is 11.6. The zero-order chi connectivity index (χ0) is 11.7. The fourth-order valence-corrected chi connectivity index (χ4v) is 4.17. The van der Waals surface area contributed by atoms with Crippen molar-refractivity contribution in [3.05, 3.63) is 17.7 Å². The predicted octanol–water partition coefficient (Wildman–Crippen LogP) is 1.98. The molecule has 1 aromatic rings. The second-order valence-electron chi connectivity index (χ2n) is 5.27. The fraction of sp³-hybridized carbons (Fsp3) is 0.769. The number of hydrogen-bond donors (Lipinski definition) is 1. The molecule has 0 aliphatic carbocycles. The van der Waals surface area contributed by atoms with E-state index >= 15 is 0 Å². The maximum Gasteiger partial charge on any atom is 0.110 e. The largest absolute Gasteiger partial charge is 0.330 e. The van der Waals surface area contributed by atoms with Crippen LogP contribution >= 0.6 is 11.8 Å². The van der Waals surface area contributed by atoms with E-state index in [1.54, 1.807) is 0 Å². The Morgan fingerprint density at radius 2 is 2.35 bits per heavy atom. The van der Waals surface area contributed by atoms with Gasteiger partial charge in [-0.1, -0.05) is 6.42 Å². The summed E-state index contributed by atoms with van der Waals surface area (Å²) in [5.41, 5.74) is 7.45. The average Bonchev–Trinajstić information content (AvgIpc) is 2.73. The van der Waals surface area contributed by atoms with E-state index < -0.39 is 0 Å². The highest BCUT2D eigenvalue weighted by Gasteiger charge is 2.22. The van der Waals surface area contributed by atoms with Crippen LogP contribution in [0.4, 0.5) is 0 Å². The monoisotopic (exact) mass is 251 g/mol. The van der Waals surface area contributed by atoms with Crippen molar-refractivity contribution in [1.82, 2.24) is 9.55 Å². The van der Waals surface area contributed by atoms with Crippen LogP contribution in [0.1, 0.15) is 37.2 Å². The average molecular weight is 251 g/mol. The van der Waals surface area contributed by atoms with Crippen molar-refractivity contribution in [3.8, 4) is 0 Å². The predicted molar refractivity (Wildman–Crippen MR) is 72.3 cm³/mol. The molecule has 2 aliphatic rings. The Balaban J connectivity index is 1.72. The van der Waals surface area contributed by atoms with E-state index in [9.17, 15) is 0 Å². The molecular formula is C13H21N3S. The van der Waals surface area contributed by atoms with Crippen molar-refractivity contribution >= 4 is 11.8 Å². The zero-order valence-corrected chi connectivity index (χ0v) is 11.1. The Labute approximate surface area is 107 Å². The van der Waals surface area contributed by atoms with E-state index in [1.807, 2.05) is 0 Å². The number of aryl methyl sites for hydroxylation is 1. The molecule has 1 fully saturated rings. The second-order valence-corrected chi connectivity index (χ2v) is 6.68. The number of aromatic nitrogens is 2. The number of nitrogens with zero attached hydrogens (tertiary/aromatic N) is 2. The quantitative estimate of drug-likeness (QED) is 0.874. The minimum atomic E-state index is 0.328. The van der Waals surface area contributed by atoms with Crippen LogP contribution in [0.5, 0.6) is 0 Å². The molecule has 0 spiro atoms. The summed E-state index contributed by atoms with van der Waals surface area (Å²) in [5.74, 6) is 2.60. The Kier molecular flexibility index (Phi) is 3.43. The van der Waals surface area contributed by atoms with Crippen LogP contribution in [-0.4, -0.2) is 26.6 Å². The van der Waals surface area contributed by atoms with Crippen LogP contribution < -0.4 is 5.73 Å². The number of hydrogen-bond acceptors (Lipinski definition) is 3. The van der Waals surface area contributed by atoms with Gasteiger partial charge in [-0.3, -0.25) is 0 Å². The van der Waals surface area contributed by atoms with Gasteiger partial charge < -0.3 is 10.3 Å². The number of fused-ring (bicyclic) bond motifs is 1. The van der Waals surface area contributed by atoms with Crippen LogP contribution in [0, 0.1) is 0 Å². The molecule has 0 saturated carbocycles. The van der Waals surface area contributed by atoms with E-state index in [1.165, 1.54) is 36.5 Å². The maximum atomic E-state index is 6.06. The Bertz CT molecular complexity index is 382. The molecule has 0 aromatic carbocycles. The molecule has 0 radical (unpaired) electrons. The first-order chi connectivity index (χ1) is 8.33. The topological polar surface area (TPSA) is 43.8 Å². The first-order valence-electron chi connectivity index (χ1n) is 6.73. The van der Waals surface area contributed by atoms with Crippen LogP contribution in [-0.2, 0) is 19.4 Å². The number of nitrogens with two attached hydrogens (primary N) is 1. The van der Waals surface area contributed by atoms with Gasteiger partial charge in [0, 0.05) is 36.1 Å². The lowest BCUT2D eigenvalue weighted by Gasteiger charge is -2.25. The van der Waals surface area contributed by atoms with E-state index in [-0.39, 0.29) is 0 Å². The van der Waals surface area contributed by atoms with Gasteiger partial charge in [0.25, 0.3) is 0 Å². The number of thioether (sulfide) groups is 1. The minimum Gasteiger partial charge on any atom is -0.330 e. The molecule has 2 atom stereocenters. The highest BCUT2D eigenvalue weighted by atomic mass is 32.2. The summed E-state index contributed by atoms with van der Waals surface area (Å²) >= 11 is 2.13. The summed E-state index contributed by atoms with van der Waals surface area (Å²) in [6, 6.07) is 0.328. The molecule has 0 amide bonds. The van der Waals surface area contributed by atoms with Gasteiger partial charge in [0.05, 0.1) is 0 Å². The van der Waals surface area contributed by atoms with Gasteiger partial charge in [0.1, 0.15) is 5.82 Å². The van der Waals surface area contributed by atoms with Crippen LogP contribution in [0.3, 0.4) is 0 Å². The van der Waals surface area contributed by atoms with Crippen LogP contribution in [0.15, 0.2) is 6.20 Å². The minimum absolute atomic E-state index is 0.328. The molecule has 2 aliphatic heterocycles. The van der Waals surface area contributed by atoms with Crippen molar-refractivity contribution < 1.29 is 0 Å². The Morgan fingerprint density at radius 1 is 1.41 bits per heavy atom. The molecule has 3 heterocycles. The summed E-state index contributed by atoms with van der Waals surface area (Å²) in [5, 5.41) is 0.786. The summed E-state index contributed by atoms with van der Waals surface area (Å²) in [6.07, 6.45) is 9.57. The van der Waals surface area contributed by atoms with Gasteiger partial charge in [0.2, 0.25) is 0 Å². The Morgan fingerprint density at radius 3 is 3.18 bits per heavy atom. The van der Waals surface area contributed by atoms with Crippen molar-refractivity contribution in [3.63, 3.8) is 0 Å². The molecule has 2 unspecified atom stereocenters. The van der Waals surface area contributed by atoms with Crippen molar-refractivity contribution in [1.29, 1.82) is 0 Å². The summed E-state index contributed by atoms with van der Waals surface area (Å²) in [4.78, 5) is 4.62. The van der Waals surface area contributed by atoms with Gasteiger partial charge in [-0.25, -0.2) is 4.98 Å². The SMILES string of the molecule is NC1CCc2cnc(CC3CCCCS3)n2C1. The smallest absolute Gasteiger partial charge is 0.110 e. The van der Waals surface area contributed by atoms with Gasteiger partial charge >= 0.3 is 0 Å². The van der Waals surface area contributed by atoms with E-state index in [0.29, 0.717) is 6.04 Å². The molecule has 4 heteroatoms. The maximum absolute atomic E-state index is 6.06. The molecular weight excluding hydrogens is 230 g/mol. The molecule has 1 aromatic heterocycles. The number of imidazole rings is 1. The molecule has 0 bridgehead atoms. The second kappa shape index (κ2) is 5.02. The Hall–Kier alpha value is -0.480. The molecule has 3 rings (SSSR count). The van der Waals surface area contributed by atoms with Gasteiger partial charge in [-0.05, 0) is 31.4 Å². The molecule has 17 heavy (non-hydrogen) atoms. The lowest BCUT2D eigenvalue weighted by atomic mass is 10.1. The number of rotatable bonds is 2. The summed E-state index contributed by atoms with van der Waals surface area (Å²) in [6.45, 7) is 0.974. The third-order valence-electron chi connectivity index (χ3n) is 3.89.